The molecule has 1 heterocycles. The fourth-order valence-electron chi connectivity index (χ4n) is 1.89. The second-order valence-corrected chi connectivity index (χ2v) is 5.50. The largest absolute Gasteiger partial charge is 0.323 e. The van der Waals surface area contributed by atoms with E-state index in [1.807, 2.05) is 0 Å². The number of nitrogens with one attached hydrogen (secondary N) is 1. The van der Waals surface area contributed by atoms with Gasteiger partial charge in [-0.25, -0.2) is 8.78 Å². The number of rotatable bonds is 5. The van der Waals surface area contributed by atoms with Crippen molar-refractivity contribution in [2.75, 3.05) is 5.32 Å². The van der Waals surface area contributed by atoms with Gasteiger partial charge in [0.05, 0.1) is 26.3 Å². The Hall–Kier alpha value is -2.26. The number of carbonyl (C=O) groups excluding carboxylic acids is 1. The monoisotopic (exact) mass is 378 g/mol. The van der Waals surface area contributed by atoms with E-state index in [2.05, 4.69) is 10.4 Å². The van der Waals surface area contributed by atoms with Gasteiger partial charge in [-0.1, -0.05) is 23.2 Å². The Morgan fingerprint density at radius 1 is 1.46 bits per heavy atom. The Kier molecular flexibility index (Phi) is 5.35. The van der Waals surface area contributed by atoms with Crippen LogP contribution in [-0.4, -0.2) is 20.6 Å². The van der Waals surface area contributed by atoms with E-state index in [4.69, 9.17) is 23.2 Å². The molecule has 0 atom stereocenters. The summed E-state index contributed by atoms with van der Waals surface area (Å²) in [5, 5.41) is 16.6. The molecule has 1 aromatic heterocycles. The molecule has 24 heavy (non-hydrogen) atoms. The summed E-state index contributed by atoms with van der Waals surface area (Å²) in [6.07, 6.45) is -2.87. The Morgan fingerprint density at radius 2 is 2.12 bits per heavy atom. The number of nitro benzene ring substituents is 1. The Bertz CT molecular complexity index is 811. The first-order valence-electron chi connectivity index (χ1n) is 6.45. The molecule has 2 aromatic rings. The number of halogens is 4. The number of carbonyl (C=O) groups is 1. The summed E-state index contributed by atoms with van der Waals surface area (Å²) in [4.78, 5) is 22.1. The van der Waals surface area contributed by atoms with Crippen LogP contribution in [0.2, 0.25) is 10.0 Å². The molecule has 0 saturated carbocycles. The highest BCUT2D eigenvalue weighted by molar-refractivity contribution is 6.33. The molecule has 0 fully saturated rings. The highest BCUT2D eigenvalue weighted by atomic mass is 35.5. The van der Waals surface area contributed by atoms with E-state index in [-0.39, 0.29) is 27.1 Å². The number of alkyl halides is 2. The molecular weight excluding hydrogens is 369 g/mol. The Morgan fingerprint density at radius 3 is 2.67 bits per heavy atom. The van der Waals surface area contributed by atoms with Crippen molar-refractivity contribution in [1.82, 2.24) is 9.78 Å². The van der Waals surface area contributed by atoms with E-state index < -0.39 is 29.5 Å². The summed E-state index contributed by atoms with van der Waals surface area (Å²) < 4.78 is 26.5. The van der Waals surface area contributed by atoms with Gasteiger partial charge in [-0.15, -0.1) is 0 Å². The topological polar surface area (TPSA) is 90.1 Å². The van der Waals surface area contributed by atoms with Crippen molar-refractivity contribution >= 4 is 40.5 Å². The zero-order valence-corrected chi connectivity index (χ0v) is 13.6. The maximum absolute atomic E-state index is 12.7. The molecule has 0 aliphatic carbocycles. The molecule has 0 aliphatic rings. The number of anilines is 1. The lowest BCUT2D eigenvalue weighted by molar-refractivity contribution is -0.384. The average Bonchev–Trinajstić information content (AvgIpc) is 2.77. The molecule has 11 heteroatoms. The van der Waals surface area contributed by atoms with E-state index in [1.165, 1.54) is 19.1 Å². The third-order valence-electron chi connectivity index (χ3n) is 3.09. The normalized spacial score (nSPS) is 10.9. The number of benzene rings is 1. The maximum atomic E-state index is 12.7. The Labute approximate surface area is 144 Å². The highest BCUT2D eigenvalue weighted by Gasteiger charge is 2.22. The molecule has 0 spiro atoms. The fraction of sp³-hybridized carbons (Fsp3) is 0.231. The van der Waals surface area contributed by atoms with Gasteiger partial charge in [0.15, 0.2) is 0 Å². The van der Waals surface area contributed by atoms with Crippen LogP contribution in [0.1, 0.15) is 17.8 Å². The second kappa shape index (κ2) is 7.10. The number of hydrogen-bond acceptors (Lipinski definition) is 4. The average molecular weight is 379 g/mol. The summed E-state index contributed by atoms with van der Waals surface area (Å²) in [6.45, 7) is 1.03. The van der Waals surface area contributed by atoms with E-state index in [0.29, 0.717) is 0 Å². The van der Waals surface area contributed by atoms with Gasteiger partial charge < -0.3 is 5.32 Å². The zero-order valence-electron chi connectivity index (χ0n) is 12.1. The first-order valence-corrected chi connectivity index (χ1v) is 7.21. The van der Waals surface area contributed by atoms with E-state index in [0.717, 1.165) is 10.7 Å². The van der Waals surface area contributed by atoms with Gasteiger partial charge in [0.2, 0.25) is 5.91 Å². The molecule has 0 aliphatic heterocycles. The number of hydrogen-bond donors (Lipinski definition) is 1. The minimum Gasteiger partial charge on any atom is -0.323 e. The lowest BCUT2D eigenvalue weighted by Gasteiger charge is -2.08. The Balaban J connectivity index is 2.19. The van der Waals surface area contributed by atoms with Crippen LogP contribution in [0.5, 0.6) is 0 Å². The minimum atomic E-state index is -2.87. The number of nitrogens with zero attached hydrogens (tertiary/aromatic N) is 3. The van der Waals surface area contributed by atoms with Gasteiger partial charge in [-0.2, -0.15) is 5.10 Å². The molecule has 1 amide bonds. The van der Waals surface area contributed by atoms with Crippen LogP contribution >= 0.6 is 23.2 Å². The first-order chi connectivity index (χ1) is 11.2. The summed E-state index contributed by atoms with van der Waals surface area (Å²) in [7, 11) is 0. The first kappa shape index (κ1) is 18.1. The van der Waals surface area contributed by atoms with Crippen molar-refractivity contribution in [2.24, 2.45) is 0 Å². The van der Waals surface area contributed by atoms with Gasteiger partial charge in [0.1, 0.15) is 12.2 Å². The van der Waals surface area contributed by atoms with Crippen molar-refractivity contribution in [2.45, 2.75) is 19.9 Å². The van der Waals surface area contributed by atoms with Crippen molar-refractivity contribution in [3.05, 3.63) is 49.7 Å². The van der Waals surface area contributed by atoms with Gasteiger partial charge >= 0.3 is 0 Å². The standard InChI is InChI=1S/C13H10Cl2F2N4O3/c1-6-11(15)12(13(16)17)19-20(6)5-10(22)18-9-4-7(21(23)24)2-3-8(9)14/h2-4,13H,5H2,1H3,(H,18,22). The third kappa shape index (κ3) is 3.80. The number of amides is 1. The van der Waals surface area contributed by atoms with Crippen LogP contribution in [0.4, 0.5) is 20.2 Å². The molecule has 0 saturated heterocycles. The van der Waals surface area contributed by atoms with Crippen molar-refractivity contribution in [1.29, 1.82) is 0 Å². The second-order valence-electron chi connectivity index (χ2n) is 4.71. The summed E-state index contributed by atoms with van der Waals surface area (Å²) in [5.74, 6) is -0.652. The van der Waals surface area contributed by atoms with E-state index in [1.54, 1.807) is 0 Å². The van der Waals surface area contributed by atoms with Crippen LogP contribution in [0.25, 0.3) is 0 Å². The van der Waals surface area contributed by atoms with Gasteiger partial charge in [0, 0.05) is 12.1 Å². The lowest BCUT2D eigenvalue weighted by Crippen LogP contribution is -2.20. The molecule has 128 valence electrons. The van der Waals surface area contributed by atoms with Crippen LogP contribution in [0, 0.1) is 17.0 Å². The van der Waals surface area contributed by atoms with Crippen LogP contribution in [-0.2, 0) is 11.3 Å². The van der Waals surface area contributed by atoms with Crippen LogP contribution in [0.3, 0.4) is 0 Å². The SMILES string of the molecule is Cc1c(Cl)c(C(F)F)nn1CC(=O)Nc1cc([N+](=O)[O-])ccc1Cl. The predicted molar refractivity (Wildman–Crippen MR) is 83.7 cm³/mol. The van der Waals surface area contributed by atoms with Crippen LogP contribution < -0.4 is 5.32 Å². The number of non-ortho nitro benzene ring substituents is 1. The number of aromatic nitrogens is 2. The minimum absolute atomic E-state index is 0.0286. The van der Waals surface area contributed by atoms with Crippen LogP contribution in [0.15, 0.2) is 18.2 Å². The quantitative estimate of drug-likeness (QED) is 0.629. The van der Waals surface area contributed by atoms with Crippen molar-refractivity contribution in [3.8, 4) is 0 Å². The third-order valence-corrected chi connectivity index (χ3v) is 3.89. The molecule has 1 aromatic carbocycles. The van der Waals surface area contributed by atoms with Gasteiger partial charge in [0.25, 0.3) is 12.1 Å². The summed E-state index contributed by atoms with van der Waals surface area (Å²) in [5.41, 5.74) is -0.642. The molecular formula is C13H10Cl2F2N4O3. The molecule has 2 rings (SSSR count). The lowest BCUT2D eigenvalue weighted by atomic mass is 10.2. The van der Waals surface area contributed by atoms with Gasteiger partial charge in [-0.05, 0) is 13.0 Å². The molecule has 0 unspecified atom stereocenters. The summed E-state index contributed by atoms with van der Waals surface area (Å²) in [6, 6.07) is 3.54. The predicted octanol–water partition coefficient (Wildman–Crippen LogP) is 3.98. The highest BCUT2D eigenvalue weighted by Crippen LogP contribution is 2.29. The van der Waals surface area contributed by atoms with E-state index >= 15 is 0 Å². The maximum Gasteiger partial charge on any atom is 0.283 e. The number of nitro groups is 1. The fourth-order valence-corrected chi connectivity index (χ4v) is 2.27. The summed E-state index contributed by atoms with van der Waals surface area (Å²) >= 11 is 11.6. The van der Waals surface area contributed by atoms with Crippen molar-refractivity contribution in [3.63, 3.8) is 0 Å². The smallest absolute Gasteiger partial charge is 0.283 e. The molecule has 1 N–H and O–H groups in total. The van der Waals surface area contributed by atoms with E-state index in [9.17, 15) is 23.7 Å². The van der Waals surface area contributed by atoms with Crippen molar-refractivity contribution < 1.29 is 18.5 Å². The molecule has 0 radical (unpaired) electrons. The van der Waals surface area contributed by atoms with Gasteiger partial charge in [-0.3, -0.25) is 19.6 Å². The molecule has 7 nitrogen and oxygen atoms in total. The molecule has 0 bridgehead atoms. The zero-order chi connectivity index (χ0) is 18.0.